The number of aromatic hydroxyl groups is 1. The Morgan fingerprint density at radius 3 is 2.60 bits per heavy atom. The average molecular weight is 218 g/mol. The Balaban J connectivity index is 3.46. The lowest BCUT2D eigenvalue weighted by atomic mass is 10.2. The van der Waals surface area contributed by atoms with Crippen LogP contribution < -0.4 is 0 Å². The zero-order valence-electron chi connectivity index (χ0n) is 7.05. The van der Waals surface area contributed by atoms with Crippen LogP contribution in [0.3, 0.4) is 0 Å². The molecule has 1 rings (SSSR count). The van der Waals surface area contributed by atoms with E-state index in [2.05, 4.69) is 4.98 Å². The van der Waals surface area contributed by atoms with Gasteiger partial charge in [0.25, 0.3) is 6.43 Å². The number of pyridine rings is 1. The third-order valence-corrected chi connectivity index (χ3v) is 1.54. The van der Waals surface area contributed by atoms with E-state index in [1.165, 1.54) is 0 Å². The zero-order chi connectivity index (χ0) is 11.6. The highest BCUT2D eigenvalue weighted by Gasteiger charge is 2.25. The van der Waals surface area contributed by atoms with Gasteiger partial charge in [0.2, 0.25) is 5.75 Å². The quantitative estimate of drug-likeness (QED) is 0.470. The summed E-state index contributed by atoms with van der Waals surface area (Å²) in [7, 11) is 0. The van der Waals surface area contributed by atoms with E-state index in [9.17, 15) is 23.7 Å². The maximum Gasteiger partial charge on any atom is 0.315 e. The van der Waals surface area contributed by atoms with Crippen LogP contribution in [0.5, 0.6) is 5.75 Å². The van der Waals surface area contributed by atoms with Gasteiger partial charge in [-0.15, -0.1) is 0 Å². The number of carbonyl (C=O) groups excluding carboxylic acids is 1. The molecule has 15 heavy (non-hydrogen) atoms. The van der Waals surface area contributed by atoms with Crippen LogP contribution in [0.25, 0.3) is 0 Å². The van der Waals surface area contributed by atoms with Crippen molar-refractivity contribution in [3.63, 3.8) is 0 Å². The van der Waals surface area contributed by atoms with Gasteiger partial charge in [0.1, 0.15) is 5.69 Å². The van der Waals surface area contributed by atoms with Crippen LogP contribution in [0.1, 0.15) is 22.6 Å². The van der Waals surface area contributed by atoms with Gasteiger partial charge in [-0.05, 0) is 0 Å². The van der Waals surface area contributed by atoms with E-state index < -0.39 is 34.2 Å². The van der Waals surface area contributed by atoms with Gasteiger partial charge < -0.3 is 5.11 Å². The van der Waals surface area contributed by atoms with Gasteiger partial charge in [0, 0.05) is 6.07 Å². The fraction of sp³-hybridized carbons (Fsp3) is 0.143. The topological polar surface area (TPSA) is 93.3 Å². The number of halogens is 2. The molecule has 0 amide bonds. The molecule has 0 aliphatic rings. The summed E-state index contributed by atoms with van der Waals surface area (Å²) in [6, 6.07) is 0.619. The second-order valence-corrected chi connectivity index (χ2v) is 2.48. The normalized spacial score (nSPS) is 10.3. The summed E-state index contributed by atoms with van der Waals surface area (Å²) in [6.07, 6.45) is -3.11. The molecule has 0 unspecified atom stereocenters. The number of rotatable bonds is 3. The predicted octanol–water partition coefficient (Wildman–Crippen LogP) is 1.45. The Morgan fingerprint density at radius 1 is 1.60 bits per heavy atom. The van der Waals surface area contributed by atoms with E-state index >= 15 is 0 Å². The van der Waals surface area contributed by atoms with Crippen molar-refractivity contribution in [3.8, 4) is 5.75 Å². The highest BCUT2D eigenvalue weighted by Crippen LogP contribution is 2.34. The van der Waals surface area contributed by atoms with Gasteiger partial charge in [-0.3, -0.25) is 14.9 Å². The van der Waals surface area contributed by atoms with Crippen molar-refractivity contribution in [1.29, 1.82) is 0 Å². The summed E-state index contributed by atoms with van der Waals surface area (Å²) in [6.45, 7) is 0. The van der Waals surface area contributed by atoms with Gasteiger partial charge in [-0.2, -0.15) is 0 Å². The number of aldehydes is 1. The molecule has 0 radical (unpaired) electrons. The van der Waals surface area contributed by atoms with E-state index in [1.807, 2.05) is 0 Å². The first kappa shape index (κ1) is 11.0. The summed E-state index contributed by atoms with van der Waals surface area (Å²) in [4.78, 5) is 22.6. The first-order valence-corrected chi connectivity index (χ1v) is 3.59. The van der Waals surface area contributed by atoms with Crippen molar-refractivity contribution < 1.29 is 23.6 Å². The Kier molecular flexibility index (Phi) is 2.88. The van der Waals surface area contributed by atoms with Crippen LogP contribution in [0, 0.1) is 10.1 Å². The third-order valence-electron chi connectivity index (χ3n) is 1.54. The first-order valence-electron chi connectivity index (χ1n) is 3.59. The molecule has 80 valence electrons. The van der Waals surface area contributed by atoms with E-state index in [4.69, 9.17) is 5.11 Å². The van der Waals surface area contributed by atoms with Gasteiger partial charge in [-0.1, -0.05) is 0 Å². The SMILES string of the molecule is O=Cc1cc([N+](=O)[O-])c(O)c(C(F)F)n1. The number of carbonyl (C=O) groups is 1. The van der Waals surface area contributed by atoms with Crippen molar-refractivity contribution >= 4 is 12.0 Å². The van der Waals surface area contributed by atoms with E-state index in [0.717, 1.165) is 0 Å². The van der Waals surface area contributed by atoms with Gasteiger partial charge >= 0.3 is 5.69 Å². The lowest BCUT2D eigenvalue weighted by Gasteiger charge is -2.03. The van der Waals surface area contributed by atoms with Gasteiger partial charge in [0.05, 0.1) is 4.92 Å². The molecule has 0 spiro atoms. The number of hydrogen-bond donors (Lipinski definition) is 1. The lowest BCUT2D eigenvalue weighted by Crippen LogP contribution is -2.00. The minimum absolute atomic E-state index is 0.0817. The second-order valence-electron chi connectivity index (χ2n) is 2.48. The number of nitro groups is 1. The van der Waals surface area contributed by atoms with Crippen molar-refractivity contribution in [1.82, 2.24) is 4.98 Å². The second kappa shape index (κ2) is 3.95. The molecule has 1 heterocycles. The Bertz CT molecular complexity index is 422. The van der Waals surface area contributed by atoms with Crippen LogP contribution in [0.15, 0.2) is 6.07 Å². The molecule has 0 bridgehead atoms. The predicted molar refractivity (Wildman–Crippen MR) is 42.9 cm³/mol. The van der Waals surface area contributed by atoms with Crippen LogP contribution in [-0.2, 0) is 0 Å². The minimum Gasteiger partial charge on any atom is -0.501 e. The molecule has 1 aromatic heterocycles. The fourth-order valence-corrected chi connectivity index (χ4v) is 0.916. The molecule has 0 saturated carbocycles. The standard InChI is InChI=1S/C7H4F2N2O4/c8-7(9)5-6(13)4(11(14)15)1-3(2-12)10-5/h1-2,7,13H. The maximum absolute atomic E-state index is 12.2. The Morgan fingerprint density at radius 2 is 2.20 bits per heavy atom. The number of aromatic nitrogens is 1. The summed E-state index contributed by atoms with van der Waals surface area (Å²) in [5.41, 5.74) is -2.68. The molecule has 0 aliphatic heterocycles. The van der Waals surface area contributed by atoms with Gasteiger partial charge in [0.15, 0.2) is 12.0 Å². The Hall–Kier alpha value is -2.12. The van der Waals surface area contributed by atoms with Crippen molar-refractivity contribution in [2.24, 2.45) is 0 Å². The summed E-state index contributed by atoms with van der Waals surface area (Å²) in [5, 5.41) is 19.4. The minimum atomic E-state index is -3.19. The summed E-state index contributed by atoms with van der Waals surface area (Å²) in [5.74, 6) is -1.22. The number of nitrogens with zero attached hydrogens (tertiary/aromatic N) is 2. The van der Waals surface area contributed by atoms with Crippen molar-refractivity contribution in [2.45, 2.75) is 6.43 Å². The molecular formula is C7H4F2N2O4. The van der Waals surface area contributed by atoms with Crippen LogP contribution in [-0.4, -0.2) is 21.3 Å². The smallest absolute Gasteiger partial charge is 0.315 e. The molecular weight excluding hydrogens is 214 g/mol. The summed E-state index contributed by atoms with van der Waals surface area (Å²) < 4.78 is 24.5. The molecule has 0 aliphatic carbocycles. The molecule has 6 nitrogen and oxygen atoms in total. The van der Waals surface area contributed by atoms with Crippen molar-refractivity contribution in [2.75, 3.05) is 0 Å². The fourth-order valence-electron chi connectivity index (χ4n) is 0.916. The molecule has 0 saturated heterocycles. The molecule has 0 aromatic carbocycles. The number of alkyl halides is 2. The van der Waals surface area contributed by atoms with E-state index in [0.29, 0.717) is 6.07 Å². The monoisotopic (exact) mass is 218 g/mol. The first-order chi connectivity index (χ1) is 6.97. The highest BCUT2D eigenvalue weighted by molar-refractivity contribution is 5.74. The molecule has 0 atom stereocenters. The van der Waals surface area contributed by atoms with Crippen LogP contribution in [0.2, 0.25) is 0 Å². The van der Waals surface area contributed by atoms with Crippen molar-refractivity contribution in [3.05, 3.63) is 27.6 Å². The maximum atomic E-state index is 12.2. The van der Waals surface area contributed by atoms with E-state index in [1.54, 1.807) is 0 Å². The van der Waals surface area contributed by atoms with Crippen LogP contribution in [0.4, 0.5) is 14.5 Å². The van der Waals surface area contributed by atoms with Gasteiger partial charge in [-0.25, -0.2) is 13.8 Å². The highest BCUT2D eigenvalue weighted by atomic mass is 19.3. The van der Waals surface area contributed by atoms with E-state index in [-0.39, 0.29) is 6.29 Å². The molecule has 1 N–H and O–H groups in total. The number of hydrogen-bond acceptors (Lipinski definition) is 5. The summed E-state index contributed by atoms with van der Waals surface area (Å²) >= 11 is 0. The third kappa shape index (κ3) is 2.03. The lowest BCUT2D eigenvalue weighted by molar-refractivity contribution is -0.386. The largest absolute Gasteiger partial charge is 0.501 e. The molecule has 8 heteroatoms. The molecule has 1 aromatic rings. The average Bonchev–Trinajstić information content (AvgIpc) is 2.17. The zero-order valence-corrected chi connectivity index (χ0v) is 7.05. The van der Waals surface area contributed by atoms with Crippen LogP contribution >= 0.6 is 0 Å². The Labute approximate surface area is 81.3 Å². The molecule has 0 fully saturated rings.